The lowest BCUT2D eigenvalue weighted by Gasteiger charge is -2.10. The molecule has 0 saturated heterocycles. The van der Waals surface area contributed by atoms with Gasteiger partial charge >= 0.3 is 0 Å². The number of hydrogen-bond acceptors (Lipinski definition) is 4. The number of hydrogen-bond donors (Lipinski definition) is 1. The molecule has 0 unspecified atom stereocenters. The summed E-state index contributed by atoms with van der Waals surface area (Å²) in [7, 11) is 0. The van der Waals surface area contributed by atoms with E-state index in [2.05, 4.69) is 11.2 Å². The highest BCUT2D eigenvalue weighted by atomic mass is 16.6. The van der Waals surface area contributed by atoms with Crippen LogP contribution in [-0.2, 0) is 6.54 Å². The Morgan fingerprint density at radius 3 is 2.94 bits per heavy atom. The molecule has 0 fully saturated rings. The van der Waals surface area contributed by atoms with E-state index in [1.165, 1.54) is 12.1 Å². The topological polar surface area (TPSA) is 64.4 Å². The largest absolute Gasteiger partial charge is 0.492 e. The number of benzene rings is 1. The van der Waals surface area contributed by atoms with Gasteiger partial charge in [-0.2, -0.15) is 0 Å². The van der Waals surface area contributed by atoms with Crippen LogP contribution >= 0.6 is 0 Å². The lowest BCUT2D eigenvalue weighted by atomic mass is 10.1. The molecule has 96 valence electrons. The summed E-state index contributed by atoms with van der Waals surface area (Å²) in [6.07, 6.45) is 5.65. The quantitative estimate of drug-likeness (QED) is 0.347. The minimum atomic E-state index is -0.416. The Kier molecular flexibility index (Phi) is 5.68. The van der Waals surface area contributed by atoms with Gasteiger partial charge in [0, 0.05) is 30.7 Å². The molecule has 0 saturated carbocycles. The van der Waals surface area contributed by atoms with E-state index in [0.717, 1.165) is 12.1 Å². The molecule has 0 amide bonds. The van der Waals surface area contributed by atoms with E-state index in [1.54, 1.807) is 6.07 Å². The third-order valence-corrected chi connectivity index (χ3v) is 2.32. The van der Waals surface area contributed by atoms with Gasteiger partial charge in [-0.05, 0) is 12.6 Å². The summed E-state index contributed by atoms with van der Waals surface area (Å²) < 4.78 is 5.50. The van der Waals surface area contributed by atoms with Crippen LogP contribution in [0.15, 0.2) is 18.2 Å². The SMILES string of the molecule is C#CCCOc1ccc([N+](=O)[O-])cc1CNCC. The predicted octanol–water partition coefficient (Wildman–Crippen LogP) is 2.11. The molecule has 0 radical (unpaired) electrons. The zero-order chi connectivity index (χ0) is 13.4. The van der Waals surface area contributed by atoms with Crippen LogP contribution < -0.4 is 10.1 Å². The van der Waals surface area contributed by atoms with Crippen molar-refractivity contribution in [2.45, 2.75) is 19.9 Å². The van der Waals surface area contributed by atoms with Gasteiger partial charge in [0.05, 0.1) is 11.5 Å². The molecule has 0 spiro atoms. The first kappa shape index (κ1) is 14.0. The van der Waals surface area contributed by atoms with Crippen molar-refractivity contribution in [2.75, 3.05) is 13.2 Å². The number of ether oxygens (including phenoxy) is 1. The second kappa shape index (κ2) is 7.30. The van der Waals surface area contributed by atoms with Crippen LogP contribution in [0.4, 0.5) is 5.69 Å². The van der Waals surface area contributed by atoms with Crippen LogP contribution in [-0.4, -0.2) is 18.1 Å². The first-order valence-corrected chi connectivity index (χ1v) is 5.73. The van der Waals surface area contributed by atoms with Crippen LogP contribution in [0.2, 0.25) is 0 Å². The maximum atomic E-state index is 10.7. The molecule has 0 heterocycles. The maximum Gasteiger partial charge on any atom is 0.270 e. The summed E-state index contributed by atoms with van der Waals surface area (Å²) in [5, 5.41) is 13.8. The summed E-state index contributed by atoms with van der Waals surface area (Å²) in [6.45, 7) is 3.69. The monoisotopic (exact) mass is 248 g/mol. The average Bonchev–Trinajstić information content (AvgIpc) is 2.37. The van der Waals surface area contributed by atoms with Gasteiger partial charge in [0.25, 0.3) is 5.69 Å². The van der Waals surface area contributed by atoms with Crippen LogP contribution in [0.3, 0.4) is 0 Å². The van der Waals surface area contributed by atoms with Crippen molar-refractivity contribution in [2.24, 2.45) is 0 Å². The fourth-order valence-corrected chi connectivity index (χ4v) is 1.44. The second-order valence-electron chi connectivity index (χ2n) is 3.63. The molecule has 0 bridgehead atoms. The van der Waals surface area contributed by atoms with Crippen LogP contribution in [0, 0.1) is 22.5 Å². The molecule has 1 N–H and O–H groups in total. The molecule has 0 aliphatic carbocycles. The molecule has 0 atom stereocenters. The van der Waals surface area contributed by atoms with Crippen molar-refractivity contribution in [1.29, 1.82) is 0 Å². The van der Waals surface area contributed by atoms with Crippen LogP contribution in [0.25, 0.3) is 0 Å². The minimum Gasteiger partial charge on any atom is -0.492 e. The molecule has 5 nitrogen and oxygen atoms in total. The summed E-state index contributed by atoms with van der Waals surface area (Å²) >= 11 is 0. The number of rotatable bonds is 7. The Labute approximate surface area is 106 Å². The third-order valence-electron chi connectivity index (χ3n) is 2.32. The van der Waals surface area contributed by atoms with Crippen molar-refractivity contribution >= 4 is 5.69 Å². The third kappa shape index (κ3) is 4.07. The van der Waals surface area contributed by atoms with Crippen molar-refractivity contribution in [1.82, 2.24) is 5.32 Å². The van der Waals surface area contributed by atoms with Crippen LogP contribution in [0.5, 0.6) is 5.75 Å². The van der Waals surface area contributed by atoms with Crippen molar-refractivity contribution < 1.29 is 9.66 Å². The molecular weight excluding hydrogens is 232 g/mol. The van der Waals surface area contributed by atoms with Gasteiger partial charge in [0.15, 0.2) is 0 Å². The highest BCUT2D eigenvalue weighted by Crippen LogP contribution is 2.24. The van der Waals surface area contributed by atoms with Crippen LogP contribution in [0.1, 0.15) is 18.9 Å². The Bertz CT molecular complexity index is 452. The molecular formula is C13H16N2O3. The molecule has 18 heavy (non-hydrogen) atoms. The Hall–Kier alpha value is -2.06. The van der Waals surface area contributed by atoms with Gasteiger partial charge < -0.3 is 10.1 Å². The lowest BCUT2D eigenvalue weighted by molar-refractivity contribution is -0.384. The van der Waals surface area contributed by atoms with Gasteiger partial charge in [0.2, 0.25) is 0 Å². The Balaban J connectivity index is 2.86. The molecule has 0 aliphatic rings. The van der Waals surface area contributed by atoms with E-state index in [-0.39, 0.29) is 5.69 Å². The maximum absolute atomic E-state index is 10.7. The van der Waals surface area contributed by atoms with E-state index in [0.29, 0.717) is 25.3 Å². The van der Waals surface area contributed by atoms with E-state index in [9.17, 15) is 10.1 Å². The van der Waals surface area contributed by atoms with Gasteiger partial charge in [-0.1, -0.05) is 6.92 Å². The van der Waals surface area contributed by atoms with Gasteiger partial charge in [-0.3, -0.25) is 10.1 Å². The fourth-order valence-electron chi connectivity index (χ4n) is 1.44. The number of terminal acetylenes is 1. The van der Waals surface area contributed by atoms with Gasteiger partial charge in [-0.25, -0.2) is 0 Å². The predicted molar refractivity (Wildman–Crippen MR) is 69.4 cm³/mol. The second-order valence-corrected chi connectivity index (χ2v) is 3.63. The average molecular weight is 248 g/mol. The molecule has 0 aromatic heterocycles. The number of nitro benzene ring substituents is 1. The molecule has 0 aliphatic heterocycles. The Morgan fingerprint density at radius 2 is 2.33 bits per heavy atom. The smallest absolute Gasteiger partial charge is 0.270 e. The van der Waals surface area contributed by atoms with Crippen molar-refractivity contribution in [3.05, 3.63) is 33.9 Å². The first-order chi connectivity index (χ1) is 8.69. The number of nitro groups is 1. The summed E-state index contributed by atoms with van der Waals surface area (Å²) in [5.74, 6) is 3.12. The summed E-state index contributed by atoms with van der Waals surface area (Å²) in [5.41, 5.74) is 0.829. The highest BCUT2D eigenvalue weighted by molar-refractivity contribution is 5.43. The fraction of sp³-hybridized carbons (Fsp3) is 0.385. The van der Waals surface area contributed by atoms with Gasteiger partial charge in [0.1, 0.15) is 5.75 Å². The Morgan fingerprint density at radius 1 is 1.56 bits per heavy atom. The van der Waals surface area contributed by atoms with Gasteiger partial charge in [-0.15, -0.1) is 12.3 Å². The molecule has 5 heteroatoms. The number of nitrogens with one attached hydrogen (secondary N) is 1. The normalized spacial score (nSPS) is 9.78. The van der Waals surface area contributed by atoms with E-state index >= 15 is 0 Å². The minimum absolute atomic E-state index is 0.0622. The number of nitrogens with zero attached hydrogens (tertiary/aromatic N) is 1. The zero-order valence-corrected chi connectivity index (χ0v) is 10.3. The highest BCUT2D eigenvalue weighted by Gasteiger charge is 2.11. The molecule has 1 aromatic carbocycles. The zero-order valence-electron chi connectivity index (χ0n) is 10.3. The van der Waals surface area contributed by atoms with E-state index < -0.39 is 4.92 Å². The van der Waals surface area contributed by atoms with E-state index in [1.807, 2.05) is 6.92 Å². The van der Waals surface area contributed by atoms with Crippen molar-refractivity contribution in [3.8, 4) is 18.1 Å². The summed E-state index contributed by atoms with van der Waals surface area (Å²) in [6, 6.07) is 4.57. The first-order valence-electron chi connectivity index (χ1n) is 5.73. The van der Waals surface area contributed by atoms with Crippen molar-refractivity contribution in [3.63, 3.8) is 0 Å². The molecule has 1 aromatic rings. The lowest BCUT2D eigenvalue weighted by Crippen LogP contribution is -2.13. The van der Waals surface area contributed by atoms with E-state index in [4.69, 9.17) is 11.2 Å². The summed E-state index contributed by atoms with van der Waals surface area (Å²) in [4.78, 5) is 10.3. The standard InChI is InChI=1S/C13H16N2O3/c1-3-5-8-18-13-7-6-12(15(16)17)9-11(13)10-14-4-2/h1,6-7,9,14H,4-5,8,10H2,2H3. The number of non-ortho nitro benzene ring substituents is 1. The molecule has 1 rings (SSSR count).